The molecule has 12 heteroatoms. The lowest BCUT2D eigenvalue weighted by Gasteiger charge is -2.26. The van der Waals surface area contributed by atoms with Crippen LogP contribution in [0.1, 0.15) is 67.8 Å². The standard InChI is InChI=1S/C36H40N10O2/c1-42-33(23-8-9-23)32(26-4-3-5-29-28(26)20-46(39-29)30-21-45(25-10-11-25)41-36(30)47-2)38-35(42)27-18-24-19-44(13-12-43-14-16-48-17-15-43)40-34(24)37-31(27)22-6-7-22/h3-5,18-23,25H,6-17H2,1-2H3. The van der Waals surface area contributed by atoms with Gasteiger partial charge in [0, 0.05) is 78.5 Å². The largest absolute Gasteiger partial charge is 0.478 e. The summed E-state index contributed by atoms with van der Waals surface area (Å²) in [6, 6.07) is 9.12. The number of ether oxygens (including phenoxy) is 2. The molecule has 4 fully saturated rings. The van der Waals surface area contributed by atoms with Gasteiger partial charge in [-0.1, -0.05) is 12.1 Å². The lowest BCUT2D eigenvalue weighted by Crippen LogP contribution is -2.38. The summed E-state index contributed by atoms with van der Waals surface area (Å²) < 4.78 is 19.6. The van der Waals surface area contributed by atoms with E-state index >= 15 is 0 Å². The van der Waals surface area contributed by atoms with E-state index in [1.54, 1.807) is 7.11 Å². The second-order valence-electron chi connectivity index (χ2n) is 14.0. The van der Waals surface area contributed by atoms with Gasteiger partial charge < -0.3 is 14.0 Å². The fraction of sp³-hybridized carbons (Fsp3) is 0.472. The maximum absolute atomic E-state index is 5.68. The summed E-state index contributed by atoms with van der Waals surface area (Å²) in [7, 11) is 3.86. The molecule has 0 N–H and O–H groups in total. The van der Waals surface area contributed by atoms with Gasteiger partial charge in [-0.25, -0.2) is 14.6 Å². The molecule has 0 unspecified atom stereocenters. The Balaban J connectivity index is 1.06. The highest BCUT2D eigenvalue weighted by Crippen LogP contribution is 2.49. The molecule has 0 spiro atoms. The highest BCUT2D eigenvalue weighted by atomic mass is 16.5. The van der Waals surface area contributed by atoms with Gasteiger partial charge >= 0.3 is 0 Å². The van der Waals surface area contributed by atoms with Crippen molar-refractivity contribution in [1.29, 1.82) is 0 Å². The molecular weight excluding hydrogens is 604 g/mol. The third-order valence-electron chi connectivity index (χ3n) is 10.5. The topological polar surface area (TPSA) is 106 Å². The Morgan fingerprint density at radius 2 is 1.71 bits per heavy atom. The van der Waals surface area contributed by atoms with E-state index in [2.05, 4.69) is 64.1 Å². The Hall–Kier alpha value is -4.55. The van der Waals surface area contributed by atoms with E-state index in [9.17, 15) is 0 Å². The van der Waals surface area contributed by atoms with Crippen LogP contribution in [0.3, 0.4) is 0 Å². The molecule has 6 aromatic rings. The Morgan fingerprint density at radius 1 is 0.875 bits per heavy atom. The predicted octanol–water partition coefficient (Wildman–Crippen LogP) is 5.46. The van der Waals surface area contributed by atoms with E-state index in [1.807, 2.05) is 9.36 Å². The molecule has 3 saturated carbocycles. The quantitative estimate of drug-likeness (QED) is 0.194. The molecule has 0 radical (unpaired) electrons. The van der Waals surface area contributed by atoms with Crippen LogP contribution >= 0.6 is 0 Å². The number of nitrogens with zero attached hydrogens (tertiary/aromatic N) is 10. The van der Waals surface area contributed by atoms with Gasteiger partial charge in [-0.15, -0.1) is 5.10 Å². The molecule has 12 nitrogen and oxygen atoms in total. The molecule has 48 heavy (non-hydrogen) atoms. The van der Waals surface area contributed by atoms with E-state index in [4.69, 9.17) is 34.7 Å². The number of imidazole rings is 1. The van der Waals surface area contributed by atoms with E-state index in [0.717, 1.165) is 121 Å². The maximum atomic E-state index is 5.68. The van der Waals surface area contributed by atoms with E-state index < -0.39 is 0 Å². The van der Waals surface area contributed by atoms with Crippen LogP contribution in [-0.2, 0) is 18.3 Å². The summed E-state index contributed by atoms with van der Waals surface area (Å²) in [6.45, 7) is 5.38. The monoisotopic (exact) mass is 644 g/mol. The third kappa shape index (κ3) is 4.92. The molecule has 4 aliphatic rings. The molecule has 1 aromatic carbocycles. The number of hydrogen-bond acceptors (Lipinski definition) is 8. The zero-order valence-electron chi connectivity index (χ0n) is 27.5. The fourth-order valence-electron chi connectivity index (χ4n) is 7.39. The van der Waals surface area contributed by atoms with E-state index in [-0.39, 0.29) is 0 Å². The lowest BCUT2D eigenvalue weighted by molar-refractivity contribution is 0.0360. The third-order valence-corrected chi connectivity index (χ3v) is 10.5. The molecule has 1 saturated heterocycles. The molecule has 10 rings (SSSR count). The van der Waals surface area contributed by atoms with Crippen molar-refractivity contribution in [3.8, 4) is 34.2 Å². The molecule has 3 aliphatic carbocycles. The van der Waals surface area contributed by atoms with Gasteiger partial charge in [-0.05, 0) is 50.7 Å². The highest BCUT2D eigenvalue weighted by molar-refractivity contribution is 5.95. The van der Waals surface area contributed by atoms with Crippen LogP contribution in [0.5, 0.6) is 5.88 Å². The number of benzene rings is 1. The minimum atomic E-state index is 0.458. The lowest BCUT2D eigenvalue weighted by atomic mass is 10.0. The molecular formula is C36H40N10O2. The first kappa shape index (κ1) is 28.5. The molecule has 1 aliphatic heterocycles. The van der Waals surface area contributed by atoms with Crippen LogP contribution in [0.4, 0.5) is 0 Å². The summed E-state index contributed by atoms with van der Waals surface area (Å²) in [6.07, 6.45) is 13.3. The van der Waals surface area contributed by atoms with Crippen molar-refractivity contribution in [3.05, 3.63) is 54.2 Å². The molecule has 246 valence electrons. The van der Waals surface area contributed by atoms with Crippen molar-refractivity contribution in [1.82, 2.24) is 48.8 Å². The number of hydrogen-bond donors (Lipinski definition) is 0. The second kappa shape index (κ2) is 11.0. The van der Waals surface area contributed by atoms with Crippen molar-refractivity contribution >= 4 is 21.9 Å². The van der Waals surface area contributed by atoms with Gasteiger partial charge in [0.05, 0.1) is 56.0 Å². The Bertz CT molecular complexity index is 2170. The van der Waals surface area contributed by atoms with Crippen molar-refractivity contribution in [2.45, 2.75) is 62.9 Å². The predicted molar refractivity (Wildman–Crippen MR) is 182 cm³/mol. The highest BCUT2D eigenvalue weighted by Gasteiger charge is 2.35. The normalized spacial score (nSPS) is 18.8. The van der Waals surface area contributed by atoms with Gasteiger partial charge in [-0.3, -0.25) is 14.3 Å². The summed E-state index contributed by atoms with van der Waals surface area (Å²) >= 11 is 0. The van der Waals surface area contributed by atoms with Crippen LogP contribution in [0.2, 0.25) is 0 Å². The smallest absolute Gasteiger partial charge is 0.258 e. The molecule has 5 aromatic heterocycles. The van der Waals surface area contributed by atoms with Crippen LogP contribution in [0.25, 0.3) is 50.3 Å². The first-order valence-electron chi connectivity index (χ1n) is 17.5. The van der Waals surface area contributed by atoms with Gasteiger partial charge in [0.25, 0.3) is 5.88 Å². The van der Waals surface area contributed by atoms with Crippen molar-refractivity contribution < 1.29 is 9.47 Å². The Labute approximate surface area is 278 Å². The summed E-state index contributed by atoms with van der Waals surface area (Å²) in [5, 5.41) is 16.7. The molecule has 6 heterocycles. The summed E-state index contributed by atoms with van der Waals surface area (Å²) in [5.74, 6) is 2.54. The number of morpholine rings is 1. The number of rotatable bonds is 10. The molecule has 0 amide bonds. The SMILES string of the molecule is COc1nn(C2CC2)cc1-n1cc2c(-c3nc(-c4cc5cn(CCN6CCOCC6)nc5nc4C4CC4)n(C)c3C3CC3)cccc2n1. The van der Waals surface area contributed by atoms with Gasteiger partial charge in [-0.2, -0.15) is 10.2 Å². The minimum absolute atomic E-state index is 0.458. The maximum Gasteiger partial charge on any atom is 0.258 e. The van der Waals surface area contributed by atoms with Crippen LogP contribution < -0.4 is 4.74 Å². The summed E-state index contributed by atoms with van der Waals surface area (Å²) in [5.41, 5.74) is 8.33. The Kier molecular flexibility index (Phi) is 6.52. The van der Waals surface area contributed by atoms with Gasteiger partial charge in [0.1, 0.15) is 11.5 Å². The van der Waals surface area contributed by atoms with Gasteiger partial charge in [0.15, 0.2) is 5.65 Å². The minimum Gasteiger partial charge on any atom is -0.478 e. The van der Waals surface area contributed by atoms with Crippen LogP contribution in [0, 0.1) is 0 Å². The zero-order chi connectivity index (χ0) is 31.9. The van der Waals surface area contributed by atoms with E-state index in [0.29, 0.717) is 23.8 Å². The number of fused-ring (bicyclic) bond motifs is 2. The number of pyridine rings is 1. The van der Waals surface area contributed by atoms with Crippen molar-refractivity contribution in [2.75, 3.05) is 40.0 Å². The molecule has 0 atom stereocenters. The van der Waals surface area contributed by atoms with Crippen LogP contribution in [0.15, 0.2) is 42.9 Å². The molecule has 0 bridgehead atoms. The van der Waals surface area contributed by atoms with Crippen molar-refractivity contribution in [3.63, 3.8) is 0 Å². The average molecular weight is 645 g/mol. The first-order chi connectivity index (χ1) is 23.6. The number of methoxy groups -OCH3 is 1. The Morgan fingerprint density at radius 3 is 2.48 bits per heavy atom. The zero-order valence-corrected chi connectivity index (χ0v) is 27.5. The van der Waals surface area contributed by atoms with E-state index in [1.165, 1.54) is 18.5 Å². The summed E-state index contributed by atoms with van der Waals surface area (Å²) in [4.78, 5) is 13.2. The first-order valence-corrected chi connectivity index (χ1v) is 17.5. The number of aromatic nitrogens is 9. The second-order valence-corrected chi connectivity index (χ2v) is 14.0. The van der Waals surface area contributed by atoms with Crippen LogP contribution in [-0.4, -0.2) is 88.7 Å². The average Bonchev–Trinajstić information content (AvgIpc) is 4.08. The van der Waals surface area contributed by atoms with Crippen molar-refractivity contribution in [2.24, 2.45) is 7.05 Å². The fourth-order valence-corrected chi connectivity index (χ4v) is 7.39. The van der Waals surface area contributed by atoms with Gasteiger partial charge in [0.2, 0.25) is 0 Å².